The van der Waals surface area contributed by atoms with Gasteiger partial charge in [0.05, 0.1) is 5.56 Å². The van der Waals surface area contributed by atoms with Gasteiger partial charge in [-0.25, -0.2) is 9.97 Å². The molecule has 2 fully saturated rings. The molecular formula is C23H25F6N5O2. The van der Waals surface area contributed by atoms with E-state index in [4.69, 9.17) is 0 Å². The van der Waals surface area contributed by atoms with Crippen LogP contribution in [0.5, 0.6) is 0 Å². The number of halogens is 6. The Morgan fingerprint density at radius 2 is 1.61 bits per heavy atom. The molecule has 0 unspecified atom stereocenters. The van der Waals surface area contributed by atoms with Crippen LogP contribution in [0.25, 0.3) is 0 Å². The lowest BCUT2D eigenvalue weighted by atomic mass is 9.71. The zero-order valence-electron chi connectivity index (χ0n) is 19.5. The van der Waals surface area contributed by atoms with Crippen molar-refractivity contribution in [3.05, 3.63) is 51.7 Å². The topological polar surface area (TPSA) is 82.2 Å². The van der Waals surface area contributed by atoms with Gasteiger partial charge in [-0.3, -0.25) is 9.59 Å². The Bertz CT molecular complexity index is 1150. The number of piperazine rings is 1. The van der Waals surface area contributed by atoms with Gasteiger partial charge in [0, 0.05) is 49.7 Å². The lowest BCUT2D eigenvalue weighted by molar-refractivity contribution is -0.145. The van der Waals surface area contributed by atoms with E-state index >= 15 is 0 Å². The molecule has 2 atom stereocenters. The number of hydrogen-bond acceptors (Lipinski definition) is 5. The van der Waals surface area contributed by atoms with Crippen LogP contribution in [0, 0.1) is 11.8 Å². The molecule has 196 valence electrons. The van der Waals surface area contributed by atoms with Gasteiger partial charge in [0.2, 0.25) is 11.9 Å². The van der Waals surface area contributed by atoms with E-state index in [0.29, 0.717) is 37.9 Å². The predicted molar refractivity (Wildman–Crippen MR) is 117 cm³/mol. The molecule has 36 heavy (non-hydrogen) atoms. The molecule has 4 rings (SSSR count). The maximum absolute atomic E-state index is 13.2. The lowest BCUT2D eigenvalue weighted by Gasteiger charge is -2.47. The second kappa shape index (κ2) is 9.40. The Labute approximate surface area is 202 Å². The summed E-state index contributed by atoms with van der Waals surface area (Å²) in [6.45, 7) is 4.41. The molecule has 13 heteroatoms. The highest BCUT2D eigenvalue weighted by Crippen LogP contribution is 2.39. The first-order valence-electron chi connectivity index (χ1n) is 11.5. The molecule has 7 nitrogen and oxygen atoms in total. The summed E-state index contributed by atoms with van der Waals surface area (Å²) in [5.74, 6) is -0.106. The van der Waals surface area contributed by atoms with E-state index in [1.165, 1.54) is 6.20 Å². The molecule has 0 radical (unpaired) electrons. The monoisotopic (exact) mass is 517 g/mol. The fourth-order valence-electron chi connectivity index (χ4n) is 5.06. The van der Waals surface area contributed by atoms with Crippen LogP contribution in [0.3, 0.4) is 0 Å². The van der Waals surface area contributed by atoms with Crippen molar-refractivity contribution in [2.75, 3.05) is 18.0 Å². The van der Waals surface area contributed by atoms with E-state index in [1.54, 1.807) is 9.80 Å². The van der Waals surface area contributed by atoms with E-state index < -0.39 is 29.0 Å². The summed E-state index contributed by atoms with van der Waals surface area (Å²) in [6.07, 6.45) is -5.12. The Morgan fingerprint density at radius 3 is 2.14 bits per heavy atom. The maximum atomic E-state index is 13.2. The number of hydrogen-bond donors (Lipinski definition) is 1. The van der Waals surface area contributed by atoms with Crippen molar-refractivity contribution < 1.29 is 31.1 Å². The third-order valence-electron chi connectivity index (χ3n) is 6.80. The minimum Gasteiger partial charge on any atom is -0.337 e. The number of carbonyl (C=O) groups excluding carboxylic acids is 1. The molecule has 0 aromatic carbocycles. The van der Waals surface area contributed by atoms with Crippen molar-refractivity contribution in [3.8, 4) is 0 Å². The van der Waals surface area contributed by atoms with Crippen LogP contribution in [-0.4, -0.2) is 50.9 Å². The van der Waals surface area contributed by atoms with Gasteiger partial charge in [-0.15, -0.1) is 0 Å². The first-order chi connectivity index (χ1) is 16.7. The molecule has 1 saturated carbocycles. The molecule has 1 amide bonds. The van der Waals surface area contributed by atoms with Gasteiger partial charge in [-0.05, 0) is 50.7 Å². The Hall–Kier alpha value is -3.12. The van der Waals surface area contributed by atoms with Gasteiger partial charge in [0.15, 0.2) is 0 Å². The molecular weight excluding hydrogens is 492 g/mol. The number of anilines is 1. The average Bonchev–Trinajstić information content (AvgIpc) is 2.75. The highest BCUT2D eigenvalue weighted by molar-refractivity contribution is 5.80. The number of pyridine rings is 1. The predicted octanol–water partition coefficient (Wildman–Crippen LogP) is 3.90. The van der Waals surface area contributed by atoms with Gasteiger partial charge in [0.25, 0.3) is 5.56 Å². The molecule has 1 aliphatic carbocycles. The zero-order valence-corrected chi connectivity index (χ0v) is 19.5. The van der Waals surface area contributed by atoms with Crippen LogP contribution in [0.15, 0.2) is 29.5 Å². The molecule has 0 bridgehead atoms. The largest absolute Gasteiger partial charge is 0.421 e. The summed E-state index contributed by atoms with van der Waals surface area (Å²) in [7, 11) is 0. The number of rotatable bonds is 4. The molecule has 1 N–H and O–H groups in total. The Kier molecular flexibility index (Phi) is 6.78. The molecule has 0 spiro atoms. The summed E-state index contributed by atoms with van der Waals surface area (Å²) < 4.78 is 77.3. The summed E-state index contributed by atoms with van der Waals surface area (Å²) >= 11 is 0. The number of carbonyl (C=O) groups is 1. The SMILES string of the molecule is C[C@@H]1CN(c2ncc(C(F)(F)F)cn2)C[C@H](C)N1C(=O)C1CC(Cc2c[nH]c(=O)c(C(F)(F)F)c2)C1. The summed E-state index contributed by atoms with van der Waals surface area (Å²) in [6, 6.07) is 0.389. The van der Waals surface area contributed by atoms with Crippen molar-refractivity contribution in [1.82, 2.24) is 19.9 Å². The summed E-state index contributed by atoms with van der Waals surface area (Å²) in [4.78, 5) is 38.0. The van der Waals surface area contributed by atoms with E-state index in [-0.39, 0.29) is 35.8 Å². The highest BCUT2D eigenvalue weighted by atomic mass is 19.4. The van der Waals surface area contributed by atoms with E-state index in [9.17, 15) is 35.9 Å². The number of nitrogens with zero attached hydrogens (tertiary/aromatic N) is 4. The number of nitrogens with one attached hydrogen (secondary N) is 1. The van der Waals surface area contributed by atoms with Crippen LogP contribution in [0.2, 0.25) is 0 Å². The van der Waals surface area contributed by atoms with E-state index in [2.05, 4.69) is 15.0 Å². The number of alkyl halides is 6. The summed E-state index contributed by atoms with van der Waals surface area (Å²) in [5, 5.41) is 0. The first-order valence-corrected chi connectivity index (χ1v) is 11.5. The minimum absolute atomic E-state index is 0.0263. The van der Waals surface area contributed by atoms with Crippen molar-refractivity contribution in [2.24, 2.45) is 11.8 Å². The zero-order chi connectivity index (χ0) is 26.4. The average molecular weight is 517 g/mol. The maximum Gasteiger partial charge on any atom is 0.421 e. The third kappa shape index (κ3) is 5.34. The first kappa shape index (κ1) is 26.0. The normalized spacial score (nSPS) is 25.0. The van der Waals surface area contributed by atoms with Gasteiger partial charge >= 0.3 is 12.4 Å². The molecule has 2 aliphatic rings. The lowest BCUT2D eigenvalue weighted by Crippen LogP contribution is -2.61. The van der Waals surface area contributed by atoms with Crippen LogP contribution < -0.4 is 10.5 Å². The fraction of sp³-hybridized carbons (Fsp3) is 0.565. The fourth-order valence-corrected chi connectivity index (χ4v) is 5.06. The van der Waals surface area contributed by atoms with Crippen molar-refractivity contribution in [1.29, 1.82) is 0 Å². The molecule has 3 heterocycles. The van der Waals surface area contributed by atoms with Gasteiger partial charge < -0.3 is 14.8 Å². The van der Waals surface area contributed by atoms with E-state index in [1.807, 2.05) is 13.8 Å². The Balaban J connectivity index is 1.34. The van der Waals surface area contributed by atoms with Crippen LogP contribution in [0.4, 0.5) is 32.3 Å². The van der Waals surface area contributed by atoms with Crippen molar-refractivity contribution >= 4 is 11.9 Å². The number of aromatic nitrogens is 3. The van der Waals surface area contributed by atoms with Gasteiger partial charge in [-0.2, -0.15) is 26.3 Å². The molecule has 1 aliphatic heterocycles. The third-order valence-corrected chi connectivity index (χ3v) is 6.80. The van der Waals surface area contributed by atoms with Crippen LogP contribution >= 0.6 is 0 Å². The van der Waals surface area contributed by atoms with E-state index in [0.717, 1.165) is 18.5 Å². The van der Waals surface area contributed by atoms with Crippen molar-refractivity contribution in [3.63, 3.8) is 0 Å². The molecule has 1 saturated heterocycles. The Morgan fingerprint density at radius 1 is 1.03 bits per heavy atom. The van der Waals surface area contributed by atoms with Crippen LogP contribution in [-0.2, 0) is 23.6 Å². The number of aromatic amines is 1. The number of amides is 1. The van der Waals surface area contributed by atoms with Crippen molar-refractivity contribution in [2.45, 2.75) is 57.5 Å². The highest BCUT2D eigenvalue weighted by Gasteiger charge is 2.42. The summed E-state index contributed by atoms with van der Waals surface area (Å²) in [5.41, 5.74) is -2.98. The second-order valence-corrected chi connectivity index (χ2v) is 9.60. The number of H-pyrrole nitrogens is 1. The quantitative estimate of drug-likeness (QED) is 0.623. The standard InChI is InChI=1S/C23H25F6N5O2/c1-12-10-33(21-31-8-17(9-32-21)22(24,25)26)11-13(2)34(12)20(36)16-4-14(5-16)3-15-6-18(23(27,28)29)19(35)30-7-15/h6-9,12-14,16H,3-5,10-11H2,1-2H3,(H,30,35)/t12-,13+,14?,16?. The smallest absolute Gasteiger partial charge is 0.337 e. The van der Waals surface area contributed by atoms with Crippen LogP contribution in [0.1, 0.15) is 43.4 Å². The minimum atomic E-state index is -4.73. The van der Waals surface area contributed by atoms with Gasteiger partial charge in [-0.1, -0.05) is 0 Å². The molecule has 2 aromatic rings. The van der Waals surface area contributed by atoms with Gasteiger partial charge in [0.1, 0.15) is 5.56 Å². The second-order valence-electron chi connectivity index (χ2n) is 9.60. The molecule has 2 aromatic heterocycles.